The second-order valence-electron chi connectivity index (χ2n) is 5.29. The first kappa shape index (κ1) is 12.4. The molecule has 0 amide bonds. The number of benzene rings is 1. The van der Waals surface area contributed by atoms with Crippen LogP contribution in [0.5, 0.6) is 0 Å². The van der Waals surface area contributed by atoms with Crippen LogP contribution in [0.2, 0.25) is 0 Å². The molecule has 1 fully saturated rings. The van der Waals surface area contributed by atoms with Crippen LogP contribution in [0.25, 0.3) is 0 Å². The molecular weight excluding hydrogens is 208 g/mol. The maximum absolute atomic E-state index is 3.45. The van der Waals surface area contributed by atoms with Gasteiger partial charge in [-0.1, -0.05) is 19.9 Å². The van der Waals surface area contributed by atoms with Gasteiger partial charge in [-0.3, -0.25) is 0 Å². The Morgan fingerprint density at radius 1 is 1.18 bits per heavy atom. The van der Waals surface area contributed by atoms with Crippen LogP contribution >= 0.6 is 0 Å². The lowest BCUT2D eigenvalue weighted by atomic mass is 9.97. The Bertz CT molecular complexity index is 363. The third kappa shape index (κ3) is 3.01. The molecule has 0 aliphatic carbocycles. The maximum Gasteiger partial charge on any atom is 0.0369 e. The molecule has 0 spiro atoms. The zero-order chi connectivity index (χ0) is 12.3. The Morgan fingerprint density at radius 2 is 2.00 bits per heavy atom. The molecule has 0 bridgehead atoms. The second kappa shape index (κ2) is 5.54. The summed E-state index contributed by atoms with van der Waals surface area (Å²) in [5, 5.41) is 3.45. The summed E-state index contributed by atoms with van der Waals surface area (Å²) in [7, 11) is 0. The summed E-state index contributed by atoms with van der Waals surface area (Å²) in [5.41, 5.74) is 4.29. The van der Waals surface area contributed by atoms with Crippen molar-refractivity contribution in [3.8, 4) is 0 Å². The second-order valence-corrected chi connectivity index (χ2v) is 5.29. The van der Waals surface area contributed by atoms with Gasteiger partial charge in [-0.2, -0.15) is 0 Å². The van der Waals surface area contributed by atoms with Crippen LogP contribution in [0.15, 0.2) is 18.2 Å². The Morgan fingerprint density at radius 3 is 2.76 bits per heavy atom. The Balaban J connectivity index is 2.22. The minimum Gasteiger partial charge on any atom is -0.370 e. The smallest absolute Gasteiger partial charge is 0.0369 e. The third-order valence-electron chi connectivity index (χ3n) is 3.59. The monoisotopic (exact) mass is 232 g/mol. The topological polar surface area (TPSA) is 15.3 Å². The molecule has 1 aromatic rings. The van der Waals surface area contributed by atoms with Crippen molar-refractivity contribution in [1.82, 2.24) is 5.32 Å². The molecule has 94 valence electrons. The van der Waals surface area contributed by atoms with Crippen LogP contribution in [0.4, 0.5) is 5.69 Å². The molecule has 2 nitrogen and oxygen atoms in total. The number of nitrogens with zero attached hydrogens (tertiary/aromatic N) is 1. The normalized spacial score (nSPS) is 17.3. The van der Waals surface area contributed by atoms with Gasteiger partial charge in [0.15, 0.2) is 0 Å². The van der Waals surface area contributed by atoms with E-state index in [0.717, 1.165) is 19.6 Å². The van der Waals surface area contributed by atoms with E-state index in [1.54, 1.807) is 0 Å². The van der Waals surface area contributed by atoms with Gasteiger partial charge >= 0.3 is 0 Å². The molecule has 1 aliphatic rings. The molecule has 2 rings (SSSR count). The number of aryl methyl sites for hydroxylation is 1. The minimum absolute atomic E-state index is 0.611. The highest BCUT2D eigenvalue weighted by atomic mass is 15.2. The standard InChI is InChI=1S/C15H24N2/c1-12(2)15-11-14(6-5-13(15)3)17-9-4-7-16-8-10-17/h5-6,11-12,16H,4,7-10H2,1-3H3. The Labute approximate surface area is 105 Å². The molecule has 17 heavy (non-hydrogen) atoms. The van der Waals surface area contributed by atoms with Crippen LogP contribution in [0, 0.1) is 6.92 Å². The van der Waals surface area contributed by atoms with Gasteiger partial charge in [0.1, 0.15) is 0 Å². The molecule has 0 aromatic heterocycles. The maximum atomic E-state index is 3.45. The van der Waals surface area contributed by atoms with Crippen molar-refractivity contribution in [3.05, 3.63) is 29.3 Å². The lowest BCUT2D eigenvalue weighted by molar-refractivity contribution is 0.724. The van der Waals surface area contributed by atoms with E-state index in [0.29, 0.717) is 5.92 Å². The summed E-state index contributed by atoms with van der Waals surface area (Å²) < 4.78 is 0. The van der Waals surface area contributed by atoms with Gasteiger partial charge in [0, 0.05) is 25.3 Å². The fraction of sp³-hybridized carbons (Fsp3) is 0.600. The lowest BCUT2D eigenvalue weighted by Gasteiger charge is -2.24. The molecule has 1 aliphatic heterocycles. The van der Waals surface area contributed by atoms with Crippen molar-refractivity contribution >= 4 is 5.69 Å². The summed E-state index contributed by atoms with van der Waals surface area (Å²) in [6, 6.07) is 6.92. The van der Waals surface area contributed by atoms with E-state index in [1.807, 2.05) is 0 Å². The summed E-state index contributed by atoms with van der Waals surface area (Å²) in [4.78, 5) is 2.51. The molecule has 1 aromatic carbocycles. The van der Waals surface area contributed by atoms with Crippen LogP contribution in [-0.2, 0) is 0 Å². The molecule has 0 radical (unpaired) electrons. The Hall–Kier alpha value is -1.02. The highest BCUT2D eigenvalue weighted by Gasteiger charge is 2.11. The predicted octanol–water partition coefficient (Wildman–Crippen LogP) is 2.92. The van der Waals surface area contributed by atoms with Gasteiger partial charge in [-0.25, -0.2) is 0 Å². The Kier molecular flexibility index (Phi) is 4.06. The SMILES string of the molecule is Cc1ccc(N2CCCNCC2)cc1C(C)C. The van der Waals surface area contributed by atoms with Crippen molar-refractivity contribution < 1.29 is 0 Å². The number of hydrogen-bond donors (Lipinski definition) is 1. The third-order valence-corrected chi connectivity index (χ3v) is 3.59. The quantitative estimate of drug-likeness (QED) is 0.843. The summed E-state index contributed by atoms with van der Waals surface area (Å²) in [6.45, 7) is 11.3. The molecule has 0 atom stereocenters. The van der Waals surface area contributed by atoms with Crippen molar-refractivity contribution in [1.29, 1.82) is 0 Å². The van der Waals surface area contributed by atoms with E-state index in [2.05, 4.69) is 49.2 Å². The zero-order valence-corrected chi connectivity index (χ0v) is 11.3. The number of nitrogens with one attached hydrogen (secondary N) is 1. The van der Waals surface area contributed by atoms with Gasteiger partial charge in [0.2, 0.25) is 0 Å². The van der Waals surface area contributed by atoms with Crippen LogP contribution in [0.3, 0.4) is 0 Å². The first-order valence-corrected chi connectivity index (χ1v) is 6.74. The van der Waals surface area contributed by atoms with Crippen molar-refractivity contribution in [2.24, 2.45) is 0 Å². The van der Waals surface area contributed by atoms with Crippen LogP contribution in [0.1, 0.15) is 37.3 Å². The van der Waals surface area contributed by atoms with Gasteiger partial charge in [0.25, 0.3) is 0 Å². The fourth-order valence-electron chi connectivity index (χ4n) is 2.55. The molecule has 0 saturated carbocycles. The zero-order valence-electron chi connectivity index (χ0n) is 11.3. The minimum atomic E-state index is 0.611. The average Bonchev–Trinajstić information content (AvgIpc) is 2.58. The van der Waals surface area contributed by atoms with Gasteiger partial charge in [-0.15, -0.1) is 0 Å². The first-order chi connectivity index (χ1) is 8.18. The number of anilines is 1. The molecular formula is C15H24N2. The van der Waals surface area contributed by atoms with Crippen LogP contribution in [-0.4, -0.2) is 26.2 Å². The largest absolute Gasteiger partial charge is 0.370 e. The van der Waals surface area contributed by atoms with E-state index in [-0.39, 0.29) is 0 Å². The highest BCUT2D eigenvalue weighted by molar-refractivity contribution is 5.51. The van der Waals surface area contributed by atoms with E-state index in [1.165, 1.54) is 29.8 Å². The van der Waals surface area contributed by atoms with Crippen molar-refractivity contribution in [3.63, 3.8) is 0 Å². The summed E-state index contributed by atoms with van der Waals surface area (Å²) in [5.74, 6) is 0.611. The van der Waals surface area contributed by atoms with E-state index >= 15 is 0 Å². The van der Waals surface area contributed by atoms with Gasteiger partial charge in [-0.05, 0) is 49.1 Å². The van der Waals surface area contributed by atoms with Gasteiger partial charge < -0.3 is 10.2 Å². The average molecular weight is 232 g/mol. The molecule has 1 N–H and O–H groups in total. The van der Waals surface area contributed by atoms with Crippen molar-refractivity contribution in [2.75, 3.05) is 31.1 Å². The summed E-state index contributed by atoms with van der Waals surface area (Å²) >= 11 is 0. The molecule has 1 saturated heterocycles. The lowest BCUT2D eigenvalue weighted by Crippen LogP contribution is -2.27. The molecule has 0 unspecified atom stereocenters. The van der Waals surface area contributed by atoms with E-state index < -0.39 is 0 Å². The molecule has 2 heteroatoms. The highest BCUT2D eigenvalue weighted by Crippen LogP contribution is 2.25. The van der Waals surface area contributed by atoms with E-state index in [4.69, 9.17) is 0 Å². The number of hydrogen-bond acceptors (Lipinski definition) is 2. The van der Waals surface area contributed by atoms with Gasteiger partial charge in [0.05, 0.1) is 0 Å². The predicted molar refractivity (Wildman–Crippen MR) is 75.0 cm³/mol. The van der Waals surface area contributed by atoms with E-state index in [9.17, 15) is 0 Å². The fourth-order valence-corrected chi connectivity index (χ4v) is 2.55. The van der Waals surface area contributed by atoms with Crippen LogP contribution < -0.4 is 10.2 Å². The summed E-state index contributed by atoms with van der Waals surface area (Å²) in [6.07, 6.45) is 1.24. The van der Waals surface area contributed by atoms with Crippen molar-refractivity contribution in [2.45, 2.75) is 33.1 Å². The number of rotatable bonds is 2. The first-order valence-electron chi connectivity index (χ1n) is 6.74. The molecule has 1 heterocycles.